The molecule has 0 saturated heterocycles. The van der Waals surface area contributed by atoms with E-state index < -0.39 is 5.97 Å². The fourth-order valence-corrected chi connectivity index (χ4v) is 2.23. The number of nitrogen functional groups attached to an aromatic ring is 1. The van der Waals surface area contributed by atoms with Crippen LogP contribution in [0.5, 0.6) is 0 Å². The molecule has 2 heterocycles. The van der Waals surface area contributed by atoms with E-state index in [1.54, 1.807) is 16.6 Å². The normalized spacial score (nSPS) is 11.4. The summed E-state index contributed by atoms with van der Waals surface area (Å²) < 4.78 is 1.60. The quantitative estimate of drug-likeness (QED) is 0.721. The lowest BCUT2D eigenvalue weighted by molar-refractivity contribution is 0.0697. The van der Waals surface area contributed by atoms with Crippen LogP contribution in [0.15, 0.2) is 40.6 Å². The van der Waals surface area contributed by atoms with Gasteiger partial charge in [0.2, 0.25) is 0 Å². The Kier molecular flexibility index (Phi) is 3.49. The van der Waals surface area contributed by atoms with Gasteiger partial charge in [-0.15, -0.1) is 10.2 Å². The largest absolute Gasteiger partial charge is 0.478 e. The van der Waals surface area contributed by atoms with Gasteiger partial charge in [0.05, 0.1) is 11.3 Å². The van der Waals surface area contributed by atoms with Crippen LogP contribution in [0, 0.1) is 13.8 Å². The third-order valence-electron chi connectivity index (χ3n) is 3.26. The highest BCUT2D eigenvalue weighted by atomic mass is 16.4. The number of nitrogens with zero attached hydrogens (tertiary/aromatic N) is 5. The molecule has 0 aliphatic rings. The van der Waals surface area contributed by atoms with Crippen LogP contribution in [0.4, 0.5) is 17.2 Å². The van der Waals surface area contributed by atoms with Crippen LogP contribution in [0.2, 0.25) is 0 Å². The molecule has 0 spiro atoms. The number of carboxylic acids is 1. The smallest absolute Gasteiger partial charge is 0.335 e. The predicted octanol–water partition coefficient (Wildman–Crippen LogP) is 3.04. The summed E-state index contributed by atoms with van der Waals surface area (Å²) in [5.41, 5.74) is 9.02. The number of aryl methyl sites for hydroxylation is 2. The van der Waals surface area contributed by atoms with E-state index in [2.05, 4.69) is 20.3 Å². The minimum Gasteiger partial charge on any atom is -0.478 e. The average Bonchev–Trinajstić information content (AvgIpc) is 2.81. The first-order valence-electron chi connectivity index (χ1n) is 6.83. The number of carboxylic acid groups (broad SMARTS) is 1. The first-order chi connectivity index (χ1) is 11.0. The third-order valence-corrected chi connectivity index (χ3v) is 3.26. The number of anilines is 1. The van der Waals surface area contributed by atoms with E-state index in [9.17, 15) is 4.79 Å². The van der Waals surface area contributed by atoms with Gasteiger partial charge in [-0.3, -0.25) is 0 Å². The number of nitrogens with two attached hydrogens (primary N) is 1. The summed E-state index contributed by atoms with van der Waals surface area (Å²) in [6, 6.07) is 8.05. The molecular weight excluding hydrogens is 296 g/mol. The summed E-state index contributed by atoms with van der Waals surface area (Å²) in [5, 5.41) is 21.3. The molecule has 0 radical (unpaired) electrons. The Morgan fingerprint density at radius 2 is 2.04 bits per heavy atom. The number of hydrogen-bond acceptors (Lipinski definition) is 6. The van der Waals surface area contributed by atoms with Gasteiger partial charge in [-0.1, -0.05) is 6.07 Å². The molecule has 0 bridgehead atoms. The first-order valence-corrected chi connectivity index (χ1v) is 6.83. The van der Waals surface area contributed by atoms with Crippen molar-refractivity contribution in [2.24, 2.45) is 10.2 Å². The number of aromatic carboxylic acids is 1. The van der Waals surface area contributed by atoms with Crippen LogP contribution < -0.4 is 5.73 Å². The monoisotopic (exact) mass is 310 g/mol. The number of aromatic nitrogens is 3. The third kappa shape index (κ3) is 2.73. The topological polar surface area (TPSA) is 118 Å². The number of carbonyl (C=O) groups is 1. The van der Waals surface area contributed by atoms with E-state index in [-0.39, 0.29) is 11.4 Å². The Hall–Kier alpha value is -3.29. The minimum absolute atomic E-state index is 0.138. The molecule has 2 aromatic heterocycles. The maximum absolute atomic E-state index is 11.0. The lowest BCUT2D eigenvalue weighted by Crippen LogP contribution is -1.97. The summed E-state index contributed by atoms with van der Waals surface area (Å²) in [5.74, 6) is -0.810. The van der Waals surface area contributed by atoms with Crippen molar-refractivity contribution in [2.75, 3.05) is 5.73 Å². The molecule has 3 aromatic rings. The molecule has 3 N–H and O–H groups in total. The Balaban J connectivity index is 2.06. The molecule has 116 valence electrons. The van der Waals surface area contributed by atoms with Crippen molar-refractivity contribution in [3.05, 3.63) is 47.3 Å². The molecule has 3 rings (SSSR count). The molecule has 8 nitrogen and oxygen atoms in total. The van der Waals surface area contributed by atoms with Crippen molar-refractivity contribution >= 4 is 28.8 Å². The average molecular weight is 310 g/mol. The van der Waals surface area contributed by atoms with Crippen LogP contribution in [0.1, 0.15) is 21.7 Å². The number of fused-ring (bicyclic) bond motifs is 1. The summed E-state index contributed by atoms with van der Waals surface area (Å²) in [6.45, 7) is 3.76. The molecule has 1 aromatic carbocycles. The zero-order valence-electron chi connectivity index (χ0n) is 12.6. The fourth-order valence-electron chi connectivity index (χ4n) is 2.23. The minimum atomic E-state index is -1.02. The van der Waals surface area contributed by atoms with Gasteiger partial charge in [-0.2, -0.15) is 5.11 Å². The number of hydrogen-bond donors (Lipinski definition) is 2. The van der Waals surface area contributed by atoms with Crippen LogP contribution in [0.3, 0.4) is 0 Å². The van der Waals surface area contributed by atoms with E-state index in [1.165, 1.54) is 12.1 Å². The van der Waals surface area contributed by atoms with Gasteiger partial charge >= 0.3 is 5.97 Å². The first kappa shape index (κ1) is 14.6. The van der Waals surface area contributed by atoms with Crippen molar-refractivity contribution in [2.45, 2.75) is 13.8 Å². The zero-order chi connectivity index (χ0) is 16.6. The van der Waals surface area contributed by atoms with Crippen molar-refractivity contribution in [1.82, 2.24) is 14.6 Å². The zero-order valence-corrected chi connectivity index (χ0v) is 12.6. The van der Waals surface area contributed by atoms with E-state index in [1.807, 2.05) is 19.9 Å². The van der Waals surface area contributed by atoms with E-state index in [0.717, 1.165) is 11.4 Å². The highest BCUT2D eigenvalue weighted by Gasteiger charge is 2.13. The Labute approximate surface area is 131 Å². The molecule has 23 heavy (non-hydrogen) atoms. The van der Waals surface area contributed by atoms with Crippen molar-refractivity contribution in [1.29, 1.82) is 0 Å². The second-order valence-electron chi connectivity index (χ2n) is 5.06. The van der Waals surface area contributed by atoms with Crippen molar-refractivity contribution in [3.8, 4) is 0 Å². The molecule has 0 unspecified atom stereocenters. The highest BCUT2D eigenvalue weighted by Crippen LogP contribution is 2.29. The standard InChI is InChI=1S/C15H14N6O2/c1-8-6-9(2)21-14(17-8)12(13(16)20-21)19-18-11-5-3-4-10(7-11)15(22)23/h3-7H,1-2H3,(H2,16,20)(H,22,23). The van der Waals surface area contributed by atoms with Crippen LogP contribution in [-0.4, -0.2) is 25.7 Å². The summed E-state index contributed by atoms with van der Waals surface area (Å²) in [6.07, 6.45) is 0. The molecule has 0 aliphatic heterocycles. The predicted molar refractivity (Wildman–Crippen MR) is 84.5 cm³/mol. The molecule has 0 saturated carbocycles. The molecule has 0 aliphatic carbocycles. The Morgan fingerprint density at radius 1 is 1.26 bits per heavy atom. The van der Waals surface area contributed by atoms with Gasteiger partial charge in [0.25, 0.3) is 0 Å². The summed E-state index contributed by atoms with van der Waals surface area (Å²) >= 11 is 0. The SMILES string of the molecule is Cc1cc(C)n2nc(N)c(N=Nc3cccc(C(=O)O)c3)c2n1. The van der Waals surface area contributed by atoms with E-state index in [0.29, 0.717) is 17.0 Å². The summed E-state index contributed by atoms with van der Waals surface area (Å²) in [4.78, 5) is 15.4. The van der Waals surface area contributed by atoms with Gasteiger partial charge in [-0.25, -0.2) is 14.3 Å². The fraction of sp³-hybridized carbons (Fsp3) is 0.133. The lowest BCUT2D eigenvalue weighted by atomic mass is 10.2. The van der Waals surface area contributed by atoms with Crippen molar-refractivity contribution in [3.63, 3.8) is 0 Å². The maximum Gasteiger partial charge on any atom is 0.335 e. The van der Waals surface area contributed by atoms with Gasteiger partial charge < -0.3 is 10.8 Å². The summed E-state index contributed by atoms with van der Waals surface area (Å²) in [7, 11) is 0. The van der Waals surface area contributed by atoms with Crippen LogP contribution >= 0.6 is 0 Å². The van der Waals surface area contributed by atoms with E-state index in [4.69, 9.17) is 10.8 Å². The molecule has 0 atom stereocenters. The van der Waals surface area contributed by atoms with Crippen LogP contribution in [0.25, 0.3) is 5.65 Å². The maximum atomic E-state index is 11.0. The molecule has 8 heteroatoms. The number of benzene rings is 1. The van der Waals surface area contributed by atoms with Gasteiger partial charge in [0, 0.05) is 11.4 Å². The molecule has 0 fully saturated rings. The Morgan fingerprint density at radius 3 is 2.78 bits per heavy atom. The second-order valence-corrected chi connectivity index (χ2v) is 5.06. The van der Waals surface area contributed by atoms with Gasteiger partial charge in [0.1, 0.15) is 0 Å². The van der Waals surface area contributed by atoms with Crippen LogP contribution in [-0.2, 0) is 0 Å². The second kappa shape index (κ2) is 5.48. The van der Waals surface area contributed by atoms with Gasteiger partial charge in [0.15, 0.2) is 17.2 Å². The Bertz CT molecular complexity index is 945. The number of rotatable bonds is 3. The van der Waals surface area contributed by atoms with Crippen molar-refractivity contribution < 1.29 is 9.90 Å². The molecule has 0 amide bonds. The highest BCUT2D eigenvalue weighted by molar-refractivity contribution is 5.88. The van der Waals surface area contributed by atoms with E-state index >= 15 is 0 Å². The lowest BCUT2D eigenvalue weighted by Gasteiger charge is -1.99. The number of azo groups is 1. The molecular formula is C15H14N6O2. The van der Waals surface area contributed by atoms with Gasteiger partial charge in [-0.05, 0) is 38.1 Å².